The smallest absolute Gasteiger partial charge is 0.255 e. The summed E-state index contributed by atoms with van der Waals surface area (Å²) in [6.45, 7) is 1.10. The van der Waals surface area contributed by atoms with Crippen molar-refractivity contribution in [3.05, 3.63) is 65.7 Å². The molecule has 45 heavy (non-hydrogen) atoms. The molecule has 0 saturated carbocycles. The normalized spacial score (nSPS) is 19.9. The molecule has 3 rings (SSSR count). The van der Waals surface area contributed by atoms with Gasteiger partial charge < -0.3 is 31.7 Å². The van der Waals surface area contributed by atoms with E-state index < -0.39 is 48.0 Å². The summed E-state index contributed by atoms with van der Waals surface area (Å²) < 4.78 is 5.96. The number of carbonyl (C=O) groups is 5. The Morgan fingerprint density at radius 1 is 0.822 bits per heavy atom. The first kappa shape index (κ1) is 35.1. The average molecular weight is 622 g/mol. The number of hydrogen-bond donors (Lipinski definition) is 5. The van der Waals surface area contributed by atoms with Crippen LogP contribution < -0.4 is 31.7 Å². The number of rotatable bonds is 6. The number of nitrogens with two attached hydrogens (primary N) is 1. The number of nitrogens with one attached hydrogen (secondary N) is 4. The van der Waals surface area contributed by atoms with Crippen LogP contribution in [-0.2, 0) is 25.7 Å². The van der Waals surface area contributed by atoms with E-state index in [4.69, 9.17) is 10.5 Å². The number of fused-ring (bicyclic) bond motifs is 1. The van der Waals surface area contributed by atoms with Gasteiger partial charge in [-0.15, -0.1) is 0 Å². The molecule has 5 amide bonds. The first-order valence-corrected chi connectivity index (χ1v) is 16.0. The molecule has 1 aliphatic rings. The lowest BCUT2D eigenvalue weighted by Gasteiger charge is -2.22. The zero-order valence-corrected chi connectivity index (χ0v) is 26.0. The Hall–Kier alpha value is -4.41. The SMILES string of the molecule is NC(=O)CC[C@@H]1NC(=O)C[C@@H](C(=O)NCc2ccccc2)NC(=O)c2ccccc2OCCCCCCCCCCCNC1=O. The van der Waals surface area contributed by atoms with Crippen molar-refractivity contribution in [3.8, 4) is 5.75 Å². The number of amides is 5. The molecule has 11 nitrogen and oxygen atoms in total. The molecule has 2 atom stereocenters. The van der Waals surface area contributed by atoms with Gasteiger partial charge >= 0.3 is 0 Å². The number of hydrogen-bond acceptors (Lipinski definition) is 6. The maximum absolute atomic E-state index is 13.5. The number of ether oxygens (including phenoxy) is 1. The molecule has 0 spiro atoms. The Bertz CT molecular complexity index is 1250. The van der Waals surface area contributed by atoms with E-state index in [1.54, 1.807) is 24.3 Å². The Morgan fingerprint density at radius 2 is 1.47 bits per heavy atom. The molecule has 0 bridgehead atoms. The summed E-state index contributed by atoms with van der Waals surface area (Å²) in [6.07, 6.45) is 8.74. The van der Waals surface area contributed by atoms with Gasteiger partial charge in [-0.2, -0.15) is 0 Å². The van der Waals surface area contributed by atoms with Crippen molar-refractivity contribution < 1.29 is 28.7 Å². The summed E-state index contributed by atoms with van der Waals surface area (Å²) in [6, 6.07) is 13.7. The van der Waals surface area contributed by atoms with Gasteiger partial charge in [0, 0.05) is 19.5 Å². The standard InChI is InChI=1S/C34H47N5O6/c35-30(40)20-19-27-33(43)36-21-13-6-4-2-1-3-5-7-14-22-45-29-18-12-11-17-26(29)32(42)39-28(23-31(41)38-27)34(44)37-24-25-15-9-8-10-16-25/h8-12,15-18,27-28H,1-7,13-14,19-24H2,(H2,35,40)(H,36,43)(H,37,44)(H,38,41)(H,39,42)/t27-,28-/m0/s1. The van der Waals surface area contributed by atoms with Gasteiger partial charge in [0.25, 0.3) is 5.91 Å². The van der Waals surface area contributed by atoms with Crippen LogP contribution >= 0.6 is 0 Å². The molecule has 0 unspecified atom stereocenters. The third-order valence-electron chi connectivity index (χ3n) is 7.66. The fourth-order valence-corrected chi connectivity index (χ4v) is 5.11. The maximum atomic E-state index is 13.5. The molecule has 0 saturated heterocycles. The Labute approximate surface area is 265 Å². The highest BCUT2D eigenvalue weighted by atomic mass is 16.5. The maximum Gasteiger partial charge on any atom is 0.255 e. The molecular formula is C34H47N5O6. The molecule has 1 heterocycles. The minimum Gasteiger partial charge on any atom is -0.493 e. The van der Waals surface area contributed by atoms with Crippen molar-refractivity contribution in [2.75, 3.05) is 13.2 Å². The van der Waals surface area contributed by atoms with E-state index in [1.807, 2.05) is 30.3 Å². The molecule has 2 aromatic rings. The summed E-state index contributed by atoms with van der Waals surface area (Å²) in [5.41, 5.74) is 6.41. The second-order valence-corrected chi connectivity index (χ2v) is 11.4. The van der Waals surface area contributed by atoms with Crippen LogP contribution in [0, 0.1) is 0 Å². The molecule has 11 heteroatoms. The van der Waals surface area contributed by atoms with Crippen molar-refractivity contribution >= 4 is 29.5 Å². The Balaban J connectivity index is 1.79. The predicted octanol–water partition coefficient (Wildman–Crippen LogP) is 3.26. The predicted molar refractivity (Wildman–Crippen MR) is 171 cm³/mol. The highest BCUT2D eigenvalue weighted by Gasteiger charge is 2.28. The third kappa shape index (κ3) is 13.4. The lowest BCUT2D eigenvalue weighted by Crippen LogP contribution is -2.52. The molecule has 0 aromatic heterocycles. The molecular weight excluding hydrogens is 574 g/mol. The van der Waals surface area contributed by atoms with E-state index in [0.29, 0.717) is 18.9 Å². The topological polar surface area (TPSA) is 169 Å². The number of primary amides is 1. The molecule has 244 valence electrons. The van der Waals surface area contributed by atoms with Gasteiger partial charge in [-0.3, -0.25) is 24.0 Å². The van der Waals surface area contributed by atoms with Crippen LogP contribution in [0.5, 0.6) is 5.75 Å². The molecule has 0 fully saturated rings. The summed E-state index contributed by atoms with van der Waals surface area (Å²) in [4.78, 5) is 64.5. The highest BCUT2D eigenvalue weighted by molar-refractivity contribution is 6.01. The van der Waals surface area contributed by atoms with Crippen LogP contribution in [0.1, 0.15) is 93.0 Å². The zero-order valence-electron chi connectivity index (χ0n) is 26.0. The van der Waals surface area contributed by atoms with Gasteiger partial charge in [-0.25, -0.2) is 0 Å². The lowest BCUT2D eigenvalue weighted by molar-refractivity contribution is -0.131. The van der Waals surface area contributed by atoms with Crippen LogP contribution in [0.2, 0.25) is 0 Å². The van der Waals surface area contributed by atoms with Gasteiger partial charge in [0.2, 0.25) is 23.6 Å². The van der Waals surface area contributed by atoms with E-state index >= 15 is 0 Å². The van der Waals surface area contributed by atoms with Gasteiger partial charge in [0.05, 0.1) is 18.6 Å². The number of para-hydroxylation sites is 1. The minimum absolute atomic E-state index is 0.00878. The van der Waals surface area contributed by atoms with Crippen molar-refractivity contribution in [3.63, 3.8) is 0 Å². The van der Waals surface area contributed by atoms with Crippen molar-refractivity contribution in [2.45, 2.75) is 95.7 Å². The molecule has 0 radical (unpaired) electrons. The van der Waals surface area contributed by atoms with E-state index in [1.165, 1.54) is 0 Å². The third-order valence-corrected chi connectivity index (χ3v) is 7.66. The highest BCUT2D eigenvalue weighted by Crippen LogP contribution is 2.19. The number of carbonyl (C=O) groups excluding carboxylic acids is 5. The first-order valence-electron chi connectivity index (χ1n) is 16.0. The van der Waals surface area contributed by atoms with Crippen LogP contribution in [0.3, 0.4) is 0 Å². The zero-order chi connectivity index (χ0) is 32.3. The second-order valence-electron chi connectivity index (χ2n) is 11.4. The van der Waals surface area contributed by atoms with Gasteiger partial charge in [-0.1, -0.05) is 87.4 Å². The second kappa shape index (κ2) is 19.8. The molecule has 1 aliphatic heterocycles. The molecule has 0 aliphatic carbocycles. The van der Waals surface area contributed by atoms with Crippen LogP contribution in [0.25, 0.3) is 0 Å². The Morgan fingerprint density at radius 3 is 2.18 bits per heavy atom. The van der Waals surface area contributed by atoms with Gasteiger partial charge in [0.1, 0.15) is 17.8 Å². The van der Waals surface area contributed by atoms with E-state index in [0.717, 1.165) is 63.4 Å². The quantitative estimate of drug-likeness (QED) is 0.332. The molecule has 2 aromatic carbocycles. The van der Waals surface area contributed by atoms with Gasteiger partial charge in [0.15, 0.2) is 0 Å². The molecule has 6 N–H and O–H groups in total. The summed E-state index contributed by atoms with van der Waals surface area (Å²) in [5.74, 6) is -2.41. The summed E-state index contributed by atoms with van der Waals surface area (Å²) in [7, 11) is 0. The van der Waals surface area contributed by atoms with Crippen LogP contribution in [0.4, 0.5) is 0 Å². The fourth-order valence-electron chi connectivity index (χ4n) is 5.11. The fraction of sp³-hybridized carbons (Fsp3) is 0.500. The van der Waals surface area contributed by atoms with Crippen LogP contribution in [0.15, 0.2) is 54.6 Å². The van der Waals surface area contributed by atoms with E-state index in [9.17, 15) is 24.0 Å². The first-order chi connectivity index (χ1) is 21.8. The Kier molecular flexibility index (Phi) is 15.4. The van der Waals surface area contributed by atoms with E-state index in [2.05, 4.69) is 21.3 Å². The lowest BCUT2D eigenvalue weighted by atomic mass is 10.1. The minimum atomic E-state index is -1.25. The summed E-state index contributed by atoms with van der Waals surface area (Å²) in [5, 5.41) is 11.0. The monoisotopic (exact) mass is 621 g/mol. The summed E-state index contributed by atoms with van der Waals surface area (Å²) >= 11 is 0. The largest absolute Gasteiger partial charge is 0.493 e. The van der Waals surface area contributed by atoms with Crippen molar-refractivity contribution in [2.24, 2.45) is 5.73 Å². The van der Waals surface area contributed by atoms with E-state index in [-0.39, 0.29) is 24.9 Å². The van der Waals surface area contributed by atoms with Crippen LogP contribution in [-0.4, -0.2) is 54.8 Å². The number of benzene rings is 2. The van der Waals surface area contributed by atoms with Crippen molar-refractivity contribution in [1.82, 2.24) is 21.3 Å². The van der Waals surface area contributed by atoms with Gasteiger partial charge in [-0.05, 0) is 37.0 Å². The average Bonchev–Trinajstić information content (AvgIpc) is 3.03. The van der Waals surface area contributed by atoms with Crippen molar-refractivity contribution in [1.29, 1.82) is 0 Å².